The van der Waals surface area contributed by atoms with E-state index in [1.165, 1.54) is 4.57 Å². The zero-order valence-corrected chi connectivity index (χ0v) is 14.8. The first kappa shape index (κ1) is 17.9. The summed E-state index contributed by atoms with van der Waals surface area (Å²) in [5.74, 6) is 0.292. The van der Waals surface area contributed by atoms with Crippen LogP contribution >= 0.6 is 7.60 Å². The van der Waals surface area contributed by atoms with E-state index in [1.54, 1.807) is 18.5 Å². The zero-order valence-electron chi connectivity index (χ0n) is 13.9. The van der Waals surface area contributed by atoms with Gasteiger partial charge in [-0.1, -0.05) is 0 Å². The number of hydrogen-bond donors (Lipinski definition) is 1. The second-order valence-electron chi connectivity index (χ2n) is 6.25. The third-order valence-corrected chi connectivity index (χ3v) is 5.56. The van der Waals surface area contributed by atoms with Crippen molar-refractivity contribution in [3.05, 3.63) is 28.3 Å². The van der Waals surface area contributed by atoms with Crippen LogP contribution in [-0.2, 0) is 13.6 Å². The van der Waals surface area contributed by atoms with Gasteiger partial charge in [0, 0.05) is 12.4 Å². The topological polar surface area (TPSA) is 96.4 Å². The van der Waals surface area contributed by atoms with E-state index in [2.05, 4.69) is 4.98 Å². The van der Waals surface area contributed by atoms with Gasteiger partial charge in [0.25, 0.3) is 0 Å². The lowest BCUT2D eigenvalue weighted by atomic mass is 10.4. The van der Waals surface area contributed by atoms with Crippen LogP contribution in [0.25, 0.3) is 6.20 Å². The van der Waals surface area contributed by atoms with Gasteiger partial charge in [-0.25, -0.2) is 4.79 Å². The molecule has 2 N–H and O–H groups in total. The maximum Gasteiger partial charge on any atom is 0.353 e. The Bertz CT molecular complexity index is 682. The average molecular weight is 341 g/mol. The van der Waals surface area contributed by atoms with Crippen molar-refractivity contribution in [1.82, 2.24) is 9.55 Å². The maximum absolute atomic E-state index is 12.8. The second-order valence-corrected chi connectivity index (χ2v) is 8.26. The van der Waals surface area contributed by atoms with Crippen LogP contribution in [0.4, 0.5) is 5.82 Å². The van der Waals surface area contributed by atoms with Gasteiger partial charge in [-0.3, -0.25) is 9.13 Å². The van der Waals surface area contributed by atoms with E-state index in [1.807, 2.05) is 27.7 Å². The van der Waals surface area contributed by atoms with Crippen LogP contribution in [0.1, 0.15) is 34.1 Å². The fourth-order valence-corrected chi connectivity index (χ4v) is 4.70. The highest BCUT2D eigenvalue weighted by Gasteiger charge is 2.40. The molecule has 0 aromatic carbocycles. The molecule has 0 aliphatic heterocycles. The molecule has 1 aromatic heterocycles. The van der Waals surface area contributed by atoms with Gasteiger partial charge in [0.2, 0.25) is 0 Å². The van der Waals surface area contributed by atoms with Crippen LogP contribution < -0.4 is 11.4 Å². The predicted octanol–water partition coefficient (Wildman–Crippen LogP) is 2.73. The number of anilines is 1. The molecule has 0 amide bonds. The number of rotatable bonds is 7. The molecule has 0 spiro atoms. The summed E-state index contributed by atoms with van der Waals surface area (Å²) < 4.78 is 25.3. The first-order valence-electron chi connectivity index (χ1n) is 7.69. The molecule has 1 saturated carbocycles. The molecule has 1 atom stereocenters. The molecule has 8 heteroatoms. The molecule has 23 heavy (non-hydrogen) atoms. The molecule has 0 radical (unpaired) electrons. The number of allylic oxidation sites excluding steroid dienone is 1. The summed E-state index contributed by atoms with van der Waals surface area (Å²) in [6.07, 6.45) is 4.04. The van der Waals surface area contributed by atoms with Crippen LogP contribution in [0.2, 0.25) is 0 Å². The van der Waals surface area contributed by atoms with E-state index in [9.17, 15) is 9.36 Å². The third-order valence-electron chi connectivity index (χ3n) is 3.19. The Hall–Kier alpha value is -1.43. The molecular formula is C15H24N3O4P. The quantitative estimate of drug-likeness (QED) is 0.766. The molecule has 1 aromatic rings. The standard InChI is InChI=1S/C15H24N3O4P/c1-10(2)21-23(20,22-11(3)4)9-13-7-12(13)8-18-6-5-14(16)17-15(18)19/h5-6,8,10-11,13H,7,9H2,1-4H3,(H2,16,17,19)/b12-8-. The number of nitrogens with two attached hydrogens (primary N) is 1. The largest absolute Gasteiger partial charge is 0.383 e. The Kier molecular flexibility index (Phi) is 5.45. The molecule has 2 rings (SSSR count). The molecule has 1 aliphatic carbocycles. The summed E-state index contributed by atoms with van der Waals surface area (Å²) in [6, 6.07) is 1.56. The fraction of sp³-hybridized carbons (Fsp3) is 0.600. The summed E-state index contributed by atoms with van der Waals surface area (Å²) in [7, 11) is -3.15. The Morgan fingerprint density at radius 2 is 2.00 bits per heavy atom. The van der Waals surface area contributed by atoms with E-state index in [-0.39, 0.29) is 23.9 Å². The third kappa shape index (κ3) is 5.30. The van der Waals surface area contributed by atoms with E-state index in [0.717, 1.165) is 12.0 Å². The van der Waals surface area contributed by atoms with Crippen molar-refractivity contribution in [2.45, 2.75) is 46.3 Å². The molecule has 1 aliphatic rings. The number of aromatic nitrogens is 2. The van der Waals surface area contributed by atoms with Crippen LogP contribution in [0, 0.1) is 5.92 Å². The van der Waals surface area contributed by atoms with Crippen LogP contribution in [0.15, 0.2) is 22.6 Å². The van der Waals surface area contributed by atoms with E-state index in [4.69, 9.17) is 14.8 Å². The van der Waals surface area contributed by atoms with Crippen molar-refractivity contribution in [1.29, 1.82) is 0 Å². The molecule has 1 heterocycles. The fourth-order valence-electron chi connectivity index (χ4n) is 2.29. The zero-order chi connectivity index (χ0) is 17.2. The lowest BCUT2D eigenvalue weighted by Gasteiger charge is -2.22. The van der Waals surface area contributed by atoms with E-state index >= 15 is 0 Å². The predicted molar refractivity (Wildman–Crippen MR) is 90.2 cm³/mol. The second kappa shape index (κ2) is 6.99. The van der Waals surface area contributed by atoms with Crippen molar-refractivity contribution in [3.63, 3.8) is 0 Å². The lowest BCUT2D eigenvalue weighted by molar-refractivity contribution is 0.142. The van der Waals surface area contributed by atoms with Gasteiger partial charge < -0.3 is 14.8 Å². The smallest absolute Gasteiger partial charge is 0.353 e. The minimum Gasteiger partial charge on any atom is -0.383 e. The molecule has 1 fully saturated rings. The van der Waals surface area contributed by atoms with Gasteiger partial charge in [0.1, 0.15) is 5.82 Å². The highest BCUT2D eigenvalue weighted by Crippen LogP contribution is 2.57. The Labute approximate surface area is 136 Å². The van der Waals surface area contributed by atoms with E-state index < -0.39 is 13.3 Å². The van der Waals surface area contributed by atoms with Gasteiger partial charge in [-0.05, 0) is 51.7 Å². The molecule has 0 bridgehead atoms. The molecule has 0 saturated heterocycles. The van der Waals surface area contributed by atoms with Crippen LogP contribution in [-0.4, -0.2) is 27.9 Å². The highest BCUT2D eigenvalue weighted by molar-refractivity contribution is 7.53. The summed E-state index contributed by atoms with van der Waals surface area (Å²) >= 11 is 0. The first-order chi connectivity index (χ1) is 10.7. The SMILES string of the molecule is CC(C)OP(=O)(CC1C/C1=C/n1ccc(N)nc1=O)OC(C)C. The molecule has 128 valence electrons. The number of hydrogen-bond acceptors (Lipinski definition) is 6. The summed E-state index contributed by atoms with van der Waals surface area (Å²) in [4.78, 5) is 15.4. The van der Waals surface area contributed by atoms with Crippen LogP contribution in [0.3, 0.4) is 0 Å². The summed E-state index contributed by atoms with van der Waals surface area (Å²) in [6.45, 7) is 7.33. The Morgan fingerprint density at radius 3 is 2.52 bits per heavy atom. The highest BCUT2D eigenvalue weighted by atomic mass is 31.2. The molecular weight excluding hydrogens is 317 g/mol. The van der Waals surface area contributed by atoms with E-state index in [0.29, 0.717) is 6.16 Å². The lowest BCUT2D eigenvalue weighted by Crippen LogP contribution is -2.19. The normalized spacial score (nSPS) is 19.7. The van der Waals surface area contributed by atoms with Crippen molar-refractivity contribution < 1.29 is 13.6 Å². The van der Waals surface area contributed by atoms with Gasteiger partial charge in [-0.15, -0.1) is 0 Å². The van der Waals surface area contributed by atoms with Gasteiger partial charge >= 0.3 is 13.3 Å². The number of nitrogen functional groups attached to an aromatic ring is 1. The minimum absolute atomic E-state index is 0.0998. The van der Waals surface area contributed by atoms with Crippen molar-refractivity contribution >= 4 is 19.6 Å². The number of nitrogens with zero attached hydrogens (tertiary/aromatic N) is 2. The maximum atomic E-state index is 12.8. The minimum atomic E-state index is -3.15. The van der Waals surface area contributed by atoms with Gasteiger partial charge in [-0.2, -0.15) is 4.98 Å². The Morgan fingerprint density at radius 1 is 1.39 bits per heavy atom. The van der Waals surface area contributed by atoms with Crippen molar-refractivity contribution in [3.8, 4) is 0 Å². The van der Waals surface area contributed by atoms with Crippen molar-refractivity contribution in [2.75, 3.05) is 11.9 Å². The average Bonchev–Trinajstić information content (AvgIpc) is 3.07. The summed E-state index contributed by atoms with van der Waals surface area (Å²) in [5.41, 5.74) is 6.06. The first-order valence-corrected chi connectivity index (χ1v) is 9.42. The van der Waals surface area contributed by atoms with Crippen molar-refractivity contribution in [2.24, 2.45) is 5.92 Å². The van der Waals surface area contributed by atoms with Crippen LogP contribution in [0.5, 0.6) is 0 Å². The molecule has 7 nitrogen and oxygen atoms in total. The van der Waals surface area contributed by atoms with Gasteiger partial charge in [0.15, 0.2) is 0 Å². The summed E-state index contributed by atoms with van der Waals surface area (Å²) in [5, 5.41) is 0. The van der Waals surface area contributed by atoms with Gasteiger partial charge in [0.05, 0.1) is 18.4 Å². The monoisotopic (exact) mass is 341 g/mol. The Balaban J connectivity index is 2.08. The molecule has 1 unspecified atom stereocenters.